The number of nitrogens with zero attached hydrogens (tertiary/aromatic N) is 5. The molecule has 0 saturated carbocycles. The molecule has 46 heteroatoms. The van der Waals surface area contributed by atoms with E-state index in [-0.39, 0.29) is 104 Å². The molecule has 0 unspecified atom stereocenters. The highest BCUT2D eigenvalue weighted by atomic mass is 33.1. The van der Waals surface area contributed by atoms with Crippen LogP contribution >= 0.6 is 21.6 Å². The highest BCUT2D eigenvalue weighted by Crippen LogP contribution is 2.46. The number of allylic oxidation sites excluding steroid dienone is 4. The summed E-state index contributed by atoms with van der Waals surface area (Å²) in [5.74, 6) is -13.7. The lowest BCUT2D eigenvalue weighted by Crippen LogP contribution is -2.57. The fourth-order valence-corrected chi connectivity index (χ4v) is 15.4. The van der Waals surface area contributed by atoms with Gasteiger partial charge in [-0.25, -0.2) is 34.1 Å². The molecule has 3 aromatic heterocycles. The third-order valence-corrected chi connectivity index (χ3v) is 22.5. The number of hydrogen-bond acceptors (Lipinski definition) is 32. The Bertz CT molecular complexity index is 4810. The highest BCUT2D eigenvalue weighted by molar-refractivity contribution is 8.76. The van der Waals surface area contributed by atoms with Crippen molar-refractivity contribution in [1.82, 2.24) is 56.8 Å². The molecular formula is C80H106N16O28S2. The second kappa shape index (κ2) is 48.1. The number of nitrogens with two attached hydrogens (primary N) is 3. The van der Waals surface area contributed by atoms with E-state index >= 15 is 0 Å². The number of hydrogen-bond donors (Lipinski definition) is 16. The molecular weight excluding hydrogens is 1700 g/mol. The Balaban J connectivity index is 0.000000346. The van der Waals surface area contributed by atoms with Crippen LogP contribution in [0, 0.1) is 24.7 Å². The molecule has 17 atom stereocenters. The number of methoxy groups -OCH3 is 1. The molecule has 126 heavy (non-hydrogen) atoms. The average Bonchev–Trinajstić information content (AvgIpc) is 1.59. The largest absolute Gasteiger partial charge is 0.508 e. The number of carbonyl (C=O) groups excluding carboxylic acids is 9. The minimum Gasteiger partial charge on any atom is -0.481 e. The number of fused-ring (bicyclic) bond motifs is 5. The number of oxazole rings is 1. The molecule has 0 aliphatic carbocycles. The number of benzene rings is 1. The van der Waals surface area contributed by atoms with Crippen molar-refractivity contribution < 1.29 is 130 Å². The number of aryl methyl sites for hydroxylation is 1. The number of carboxylic acids is 5. The number of guanidine groups is 1. The molecule has 3 saturated heterocycles. The van der Waals surface area contributed by atoms with E-state index in [4.69, 9.17) is 59.9 Å². The van der Waals surface area contributed by atoms with Crippen LogP contribution in [0.4, 0.5) is 16.4 Å². The van der Waals surface area contributed by atoms with Crippen molar-refractivity contribution in [1.29, 1.82) is 0 Å². The van der Waals surface area contributed by atoms with Gasteiger partial charge in [-0.3, -0.25) is 62.7 Å². The number of rotatable bonds is 42. The number of amides is 6. The summed E-state index contributed by atoms with van der Waals surface area (Å²) in [6, 6.07) is -3.15. The number of nitrogen functional groups attached to an aromatic ring is 1. The zero-order chi connectivity index (χ0) is 92.8. The lowest BCUT2D eigenvalue weighted by molar-refractivity contribution is -0.159. The number of aromatic nitrogens is 5. The third kappa shape index (κ3) is 32.8. The summed E-state index contributed by atoms with van der Waals surface area (Å²) >= 11 is 0. The van der Waals surface area contributed by atoms with E-state index in [1.165, 1.54) is 65.9 Å². The molecule has 19 N–H and O–H groups in total. The second-order valence-corrected chi connectivity index (χ2v) is 33.1. The first-order chi connectivity index (χ1) is 59.6. The smallest absolute Gasteiger partial charge is 0.481 e. The van der Waals surface area contributed by atoms with Crippen LogP contribution in [-0.2, 0) is 97.2 Å². The molecule has 4 aromatic rings. The average molecular weight is 1800 g/mol. The van der Waals surface area contributed by atoms with Crippen LogP contribution in [0.15, 0.2) is 92.5 Å². The molecule has 8 rings (SSSR count). The van der Waals surface area contributed by atoms with E-state index in [1.54, 1.807) is 20.3 Å². The summed E-state index contributed by atoms with van der Waals surface area (Å²) in [5, 5.41) is 63.6. The summed E-state index contributed by atoms with van der Waals surface area (Å²) in [7, 11) is 4.07. The minimum atomic E-state index is -1.86. The van der Waals surface area contributed by atoms with Gasteiger partial charge in [0.15, 0.2) is 29.1 Å². The van der Waals surface area contributed by atoms with Gasteiger partial charge in [-0.15, -0.1) is 0 Å². The molecule has 7 heterocycles. The van der Waals surface area contributed by atoms with Gasteiger partial charge in [0, 0.05) is 87.4 Å². The van der Waals surface area contributed by atoms with E-state index in [1.807, 2.05) is 71.1 Å². The zero-order valence-corrected chi connectivity index (χ0v) is 72.0. The Hall–Kier alpha value is -12.6. The van der Waals surface area contributed by atoms with Crippen molar-refractivity contribution in [2.45, 2.75) is 217 Å². The Labute approximate surface area is 729 Å². The number of carbonyl (C=O) groups is 14. The first kappa shape index (κ1) is 101. The van der Waals surface area contributed by atoms with Crippen LogP contribution in [0.1, 0.15) is 147 Å². The Morgan fingerprint density at radius 3 is 2.07 bits per heavy atom. The van der Waals surface area contributed by atoms with Crippen molar-refractivity contribution in [3.63, 3.8) is 0 Å². The molecule has 686 valence electrons. The van der Waals surface area contributed by atoms with Crippen LogP contribution in [0.2, 0.25) is 0 Å². The summed E-state index contributed by atoms with van der Waals surface area (Å²) in [6.07, 6.45) is 6.53. The molecule has 1 aromatic carbocycles. The Morgan fingerprint density at radius 1 is 0.770 bits per heavy atom. The van der Waals surface area contributed by atoms with Gasteiger partial charge in [0.25, 0.3) is 11.5 Å². The SMILES string of the molecule is CO[C@@H](/C(C)=C/C=C/C(C)=C/c1coc(C)n1)[C@@H](C)[C@@H]1C[C@H](OC(=O)OCCSSC[C@@H](NC(C)=O)C(=O)O)[C@@]2(C)O[C@@H]2/C=C/[C@@H](C)[C@H]2C[C@H](CC(=O)O2)C[C@@H]2O[C@H]2C(=O)O1.C[C@H](CC(=O)O)NC(=O)[C@H](CC(=O)O)NC(=O)[C@H](CCCN=C(N)N)NC(=O)[C@H](CC(=O)O)NC(=O)CC[C@H](NC(=O)c1ccc(NCc2cnc3nc(N)[nH]c(=O)c3n2)cc1)C(=O)O. The minimum absolute atomic E-state index is 0.00188. The summed E-state index contributed by atoms with van der Waals surface area (Å²) in [6.45, 7) is 13.9. The lowest BCUT2D eigenvalue weighted by atomic mass is 9.84. The van der Waals surface area contributed by atoms with Crippen molar-refractivity contribution in [3.8, 4) is 0 Å². The third-order valence-electron chi connectivity index (χ3n) is 20.1. The topological polar surface area (TPSA) is 684 Å². The Kier molecular flexibility index (Phi) is 38.4. The van der Waals surface area contributed by atoms with Gasteiger partial charge in [-0.05, 0) is 107 Å². The molecule has 0 radical (unpaired) electrons. The maximum absolute atomic E-state index is 13.8. The highest BCUT2D eigenvalue weighted by Gasteiger charge is 2.60. The van der Waals surface area contributed by atoms with E-state index < -0.39 is 199 Å². The summed E-state index contributed by atoms with van der Waals surface area (Å²) < 4.78 is 46.9. The van der Waals surface area contributed by atoms with Crippen LogP contribution in [0.5, 0.6) is 0 Å². The number of aliphatic carboxylic acids is 5. The maximum atomic E-state index is 13.8. The van der Waals surface area contributed by atoms with Gasteiger partial charge in [0.2, 0.25) is 35.5 Å². The molecule has 0 spiro atoms. The number of nitrogens with one attached hydrogen (secondary N) is 8. The van der Waals surface area contributed by atoms with Gasteiger partial charge in [-0.1, -0.05) is 65.8 Å². The lowest BCUT2D eigenvalue weighted by Gasteiger charge is -2.33. The molecule has 4 aliphatic heterocycles. The van der Waals surface area contributed by atoms with Crippen LogP contribution < -0.4 is 60.0 Å². The number of aliphatic imine (C=N–C) groups is 1. The van der Waals surface area contributed by atoms with Crippen LogP contribution in [0.3, 0.4) is 0 Å². The number of esters is 2. The van der Waals surface area contributed by atoms with Crippen LogP contribution in [0.25, 0.3) is 17.2 Å². The van der Waals surface area contributed by atoms with Gasteiger partial charge in [0.1, 0.15) is 78.8 Å². The van der Waals surface area contributed by atoms with Crippen molar-refractivity contribution >= 4 is 140 Å². The van der Waals surface area contributed by atoms with Gasteiger partial charge >= 0.3 is 47.9 Å². The molecule has 6 amide bonds. The summed E-state index contributed by atoms with van der Waals surface area (Å²) in [5.41, 5.74) is 18.0. The fraction of sp³-hybridized carbons (Fsp3) is 0.525. The standard InChI is InChI=1S/C43H58N2O14S2.C37H48N14O14/c1-23(16-30-21-54-28(6)45-30)10-9-11-25(3)38(52-8)26(4)33-20-36(58-42(51)53-14-15-60-61-22-31(40(48)49)44-27(5)46)43(7)35(59-43)13-12-24(2)32-17-29(19-37(47)55-32)18-34-39(56-34)41(50)57-33;1-16(11-25(53)54)44-32(61)23(13-27(57)58)49-31(60)20(3-2-10-41-36(38)39)47-33(62)22(12-26(55)56)46-24(52)9-8-21(35(64)65)48-30(59)17-4-6-18(7-5-17)42-14-19-15-43-29-28(45-19)34(63)51-37(40)50-29/h9-13,16,21,24,26,29,31-36,38-39H,14-15,17-20,22H2,1-8H3,(H,44,46)(H,48,49);4-7,15-16,20-23,42H,2-3,8-14H2,1H3,(H,44,61)(H,46,52)(H,47,62)(H,48,59)(H,49,60)(H,53,54)(H,55,56)(H,57,58)(H,64,65)(H4,38,39,41)(H3,40,43,50,51,63)/b10-9+,13-12+,23-16+,25-11+;/t24-,26+,29+,31-,32-,33+,34+,35-,36+,38+,39-,43+;16-,20+,21+,22+,23+/m11/s1. The molecule has 2 bridgehead atoms. The quantitative estimate of drug-likeness (QED) is 0.00349. The normalized spacial score (nSPS) is 21.9. The number of carboxylic acid groups (broad SMARTS) is 5. The number of aromatic amines is 1. The number of H-pyrrole nitrogens is 1. The predicted octanol–water partition coefficient (Wildman–Crippen LogP) is 2.48. The van der Waals surface area contributed by atoms with Gasteiger partial charge in [0.05, 0.1) is 49.9 Å². The summed E-state index contributed by atoms with van der Waals surface area (Å²) in [4.78, 5) is 209. The fourth-order valence-electron chi connectivity index (χ4n) is 13.5. The monoisotopic (exact) mass is 1800 g/mol. The first-order valence-electron chi connectivity index (χ1n) is 39.9. The van der Waals surface area contributed by atoms with E-state index in [2.05, 4.69) is 67.1 Å². The van der Waals surface area contributed by atoms with Gasteiger partial charge in [-0.2, -0.15) is 4.98 Å². The number of cyclic esters (lactones) is 1. The Morgan fingerprint density at radius 2 is 1.43 bits per heavy atom. The van der Waals surface area contributed by atoms with Crippen molar-refractivity contribution in [2.75, 3.05) is 42.8 Å². The van der Waals surface area contributed by atoms with E-state index in [9.17, 15) is 92.3 Å². The van der Waals surface area contributed by atoms with E-state index in [0.717, 1.165) is 11.1 Å². The van der Waals surface area contributed by atoms with Gasteiger partial charge < -0.3 is 118 Å². The maximum Gasteiger partial charge on any atom is 0.508 e. The number of epoxide rings is 2. The van der Waals surface area contributed by atoms with E-state index in [0.29, 0.717) is 41.6 Å². The molecule has 4 aliphatic rings. The number of ether oxygens (including phenoxy) is 7. The zero-order valence-electron chi connectivity index (χ0n) is 70.4. The first-order valence-corrected chi connectivity index (χ1v) is 42.3. The number of anilines is 2. The van der Waals surface area contributed by atoms with Crippen molar-refractivity contribution in [3.05, 3.63) is 111 Å². The van der Waals surface area contributed by atoms with Crippen LogP contribution in [-0.4, -0.2) is 256 Å². The van der Waals surface area contributed by atoms with Crippen molar-refractivity contribution in [2.24, 2.45) is 34.2 Å². The molecule has 3 fully saturated rings. The predicted molar refractivity (Wildman–Crippen MR) is 450 cm³/mol. The second-order valence-electron chi connectivity index (χ2n) is 30.4. The molecule has 44 nitrogen and oxygen atoms in total.